The predicted molar refractivity (Wildman–Crippen MR) is 69.4 cm³/mol. The first-order valence-electron chi connectivity index (χ1n) is 5.23. The van der Waals surface area contributed by atoms with E-state index >= 15 is 0 Å². The first-order chi connectivity index (χ1) is 7.79. The molecule has 0 spiro atoms. The smallest absolute Gasteiger partial charge is 0.123 e. The Morgan fingerprint density at radius 1 is 1.31 bits per heavy atom. The maximum Gasteiger partial charge on any atom is 0.123 e. The molecule has 0 radical (unpaired) electrons. The van der Waals surface area contributed by atoms with Gasteiger partial charge in [-0.2, -0.15) is 0 Å². The molecule has 2 nitrogen and oxygen atoms in total. The minimum Gasteiger partial charge on any atom is -0.488 e. The lowest BCUT2D eigenvalue weighted by Gasteiger charge is -2.07. The standard InChI is InChI=1S/C13H15NOS/c1-10-6-7-16-13(10)9-15-12-5-3-4-11(8-12)14-2/h3-8,14H,9H2,1-2H3. The van der Waals surface area contributed by atoms with E-state index in [4.69, 9.17) is 4.74 Å². The number of thiophene rings is 1. The number of rotatable bonds is 4. The summed E-state index contributed by atoms with van der Waals surface area (Å²) in [6.07, 6.45) is 0. The Bertz CT molecular complexity index is 464. The molecular weight excluding hydrogens is 218 g/mol. The monoisotopic (exact) mass is 233 g/mol. The topological polar surface area (TPSA) is 21.3 Å². The van der Waals surface area contributed by atoms with E-state index in [1.807, 2.05) is 31.3 Å². The molecule has 0 amide bonds. The molecule has 0 saturated heterocycles. The van der Waals surface area contributed by atoms with E-state index in [0.29, 0.717) is 6.61 Å². The van der Waals surface area contributed by atoms with Crippen LogP contribution in [0.2, 0.25) is 0 Å². The van der Waals surface area contributed by atoms with Crippen molar-refractivity contribution in [3.8, 4) is 5.75 Å². The summed E-state index contributed by atoms with van der Waals surface area (Å²) >= 11 is 1.74. The Hall–Kier alpha value is -1.48. The van der Waals surface area contributed by atoms with E-state index < -0.39 is 0 Å². The molecule has 0 saturated carbocycles. The van der Waals surface area contributed by atoms with Crippen LogP contribution in [-0.2, 0) is 6.61 Å². The van der Waals surface area contributed by atoms with Crippen molar-refractivity contribution in [1.82, 2.24) is 0 Å². The molecule has 1 aromatic heterocycles. The van der Waals surface area contributed by atoms with Crippen molar-refractivity contribution in [2.75, 3.05) is 12.4 Å². The van der Waals surface area contributed by atoms with Gasteiger partial charge in [-0.25, -0.2) is 0 Å². The molecule has 84 valence electrons. The SMILES string of the molecule is CNc1cccc(OCc2sccc2C)c1. The molecular formula is C13H15NOS. The third-order valence-electron chi connectivity index (χ3n) is 2.46. The number of anilines is 1. The fraction of sp³-hybridized carbons (Fsp3) is 0.231. The van der Waals surface area contributed by atoms with Gasteiger partial charge in [-0.3, -0.25) is 0 Å². The Balaban J connectivity index is 2.02. The highest BCUT2D eigenvalue weighted by Gasteiger charge is 2.01. The lowest BCUT2D eigenvalue weighted by molar-refractivity contribution is 0.309. The number of aryl methyl sites for hydroxylation is 1. The van der Waals surface area contributed by atoms with Crippen LogP contribution >= 0.6 is 11.3 Å². The molecule has 1 aromatic carbocycles. The van der Waals surface area contributed by atoms with Gasteiger partial charge in [0.1, 0.15) is 12.4 Å². The number of benzene rings is 1. The van der Waals surface area contributed by atoms with Gasteiger partial charge in [0.25, 0.3) is 0 Å². The molecule has 0 aliphatic rings. The summed E-state index contributed by atoms with van der Waals surface area (Å²) in [5.74, 6) is 0.902. The number of ether oxygens (including phenoxy) is 1. The lowest BCUT2D eigenvalue weighted by Crippen LogP contribution is -1.95. The zero-order chi connectivity index (χ0) is 11.4. The number of hydrogen-bond donors (Lipinski definition) is 1. The van der Waals surface area contributed by atoms with Gasteiger partial charge in [0.05, 0.1) is 0 Å². The lowest BCUT2D eigenvalue weighted by atomic mass is 10.3. The normalized spacial score (nSPS) is 10.1. The van der Waals surface area contributed by atoms with Gasteiger partial charge in [-0.15, -0.1) is 11.3 Å². The Labute approximate surface area is 99.9 Å². The quantitative estimate of drug-likeness (QED) is 0.869. The highest BCUT2D eigenvalue weighted by atomic mass is 32.1. The second kappa shape index (κ2) is 5.03. The molecule has 1 N–H and O–H groups in total. The minimum atomic E-state index is 0.649. The summed E-state index contributed by atoms with van der Waals surface area (Å²) in [4.78, 5) is 1.29. The van der Waals surface area contributed by atoms with E-state index in [2.05, 4.69) is 23.7 Å². The third kappa shape index (κ3) is 2.55. The maximum absolute atomic E-state index is 5.74. The summed E-state index contributed by atoms with van der Waals surface area (Å²) in [6.45, 7) is 2.76. The molecule has 1 heterocycles. The van der Waals surface area contributed by atoms with Crippen LogP contribution in [0.15, 0.2) is 35.7 Å². The second-order valence-electron chi connectivity index (χ2n) is 3.59. The molecule has 0 aliphatic carbocycles. The van der Waals surface area contributed by atoms with E-state index in [1.165, 1.54) is 10.4 Å². The van der Waals surface area contributed by atoms with Crippen molar-refractivity contribution >= 4 is 17.0 Å². The molecule has 0 unspecified atom stereocenters. The van der Waals surface area contributed by atoms with Gasteiger partial charge in [-0.1, -0.05) is 6.07 Å². The highest BCUT2D eigenvalue weighted by molar-refractivity contribution is 7.10. The van der Waals surface area contributed by atoms with Crippen molar-refractivity contribution in [1.29, 1.82) is 0 Å². The van der Waals surface area contributed by atoms with Gasteiger partial charge >= 0.3 is 0 Å². The number of nitrogens with one attached hydrogen (secondary N) is 1. The maximum atomic E-state index is 5.74. The van der Waals surface area contributed by atoms with E-state index in [1.54, 1.807) is 11.3 Å². The van der Waals surface area contributed by atoms with Crippen molar-refractivity contribution in [2.45, 2.75) is 13.5 Å². The summed E-state index contributed by atoms with van der Waals surface area (Å²) in [6, 6.07) is 10.1. The highest BCUT2D eigenvalue weighted by Crippen LogP contribution is 2.21. The minimum absolute atomic E-state index is 0.649. The van der Waals surface area contributed by atoms with Crippen molar-refractivity contribution < 1.29 is 4.74 Å². The molecule has 0 atom stereocenters. The molecule has 16 heavy (non-hydrogen) atoms. The molecule has 2 rings (SSSR count). The summed E-state index contributed by atoms with van der Waals surface area (Å²) in [7, 11) is 1.91. The fourth-order valence-electron chi connectivity index (χ4n) is 1.44. The second-order valence-corrected chi connectivity index (χ2v) is 4.59. The molecule has 3 heteroatoms. The van der Waals surface area contributed by atoms with E-state index in [-0.39, 0.29) is 0 Å². The Morgan fingerprint density at radius 3 is 2.88 bits per heavy atom. The van der Waals surface area contributed by atoms with Crippen LogP contribution in [0.4, 0.5) is 5.69 Å². The van der Waals surface area contributed by atoms with Crippen LogP contribution in [0.1, 0.15) is 10.4 Å². The average Bonchev–Trinajstić information content (AvgIpc) is 2.72. The molecule has 0 bridgehead atoms. The third-order valence-corrected chi connectivity index (χ3v) is 3.46. The fourth-order valence-corrected chi connectivity index (χ4v) is 2.26. The molecule has 0 aliphatic heterocycles. The summed E-state index contributed by atoms with van der Waals surface area (Å²) < 4.78 is 5.74. The van der Waals surface area contributed by atoms with Crippen LogP contribution < -0.4 is 10.1 Å². The van der Waals surface area contributed by atoms with Crippen molar-refractivity contribution in [2.24, 2.45) is 0 Å². The van der Waals surface area contributed by atoms with Gasteiger partial charge < -0.3 is 10.1 Å². The summed E-state index contributed by atoms with van der Waals surface area (Å²) in [5, 5.41) is 5.19. The van der Waals surface area contributed by atoms with Crippen molar-refractivity contribution in [3.63, 3.8) is 0 Å². The van der Waals surface area contributed by atoms with Gasteiger partial charge in [0, 0.05) is 23.7 Å². The summed E-state index contributed by atoms with van der Waals surface area (Å²) in [5.41, 5.74) is 2.37. The first-order valence-corrected chi connectivity index (χ1v) is 6.11. The Morgan fingerprint density at radius 2 is 2.19 bits per heavy atom. The Kier molecular flexibility index (Phi) is 3.47. The van der Waals surface area contributed by atoms with Crippen LogP contribution in [0.25, 0.3) is 0 Å². The van der Waals surface area contributed by atoms with Crippen molar-refractivity contribution in [3.05, 3.63) is 46.2 Å². The molecule has 0 fully saturated rings. The van der Waals surface area contributed by atoms with Gasteiger partial charge in [0.15, 0.2) is 0 Å². The van der Waals surface area contributed by atoms with Gasteiger partial charge in [0.2, 0.25) is 0 Å². The molecule has 2 aromatic rings. The number of hydrogen-bond acceptors (Lipinski definition) is 3. The van der Waals surface area contributed by atoms with Crippen LogP contribution in [0.5, 0.6) is 5.75 Å². The predicted octanol–water partition coefficient (Wildman–Crippen LogP) is 3.68. The van der Waals surface area contributed by atoms with Crippen LogP contribution in [0, 0.1) is 6.92 Å². The van der Waals surface area contributed by atoms with E-state index in [9.17, 15) is 0 Å². The van der Waals surface area contributed by atoms with Crippen LogP contribution in [-0.4, -0.2) is 7.05 Å². The average molecular weight is 233 g/mol. The zero-order valence-electron chi connectivity index (χ0n) is 9.49. The van der Waals surface area contributed by atoms with Crippen LogP contribution in [0.3, 0.4) is 0 Å². The first kappa shape index (κ1) is 11.0. The van der Waals surface area contributed by atoms with E-state index in [0.717, 1.165) is 11.4 Å². The van der Waals surface area contributed by atoms with Gasteiger partial charge in [-0.05, 0) is 36.1 Å². The largest absolute Gasteiger partial charge is 0.488 e. The zero-order valence-corrected chi connectivity index (χ0v) is 10.3.